The summed E-state index contributed by atoms with van der Waals surface area (Å²) in [4.78, 5) is 15.1. The van der Waals surface area contributed by atoms with E-state index in [0.717, 1.165) is 33.4 Å². The summed E-state index contributed by atoms with van der Waals surface area (Å²) in [5.41, 5.74) is 9.86. The molecule has 0 amide bonds. The molecule has 8 aromatic carbocycles. The molecular weight excluding hydrogens is 663 g/mol. The smallest absolute Gasteiger partial charge is 0.164 e. The van der Waals surface area contributed by atoms with Crippen LogP contribution in [0.2, 0.25) is 0 Å². The van der Waals surface area contributed by atoms with Crippen LogP contribution in [0, 0.1) is 0 Å². The van der Waals surface area contributed by atoms with Gasteiger partial charge in [0.25, 0.3) is 0 Å². The van der Waals surface area contributed by atoms with Gasteiger partial charge in [0, 0.05) is 42.2 Å². The number of fused-ring (bicyclic) bond motifs is 5. The third kappa shape index (κ3) is 5.76. The molecule has 2 heterocycles. The first kappa shape index (κ1) is 31.0. The molecular formula is C49H31N3S. The summed E-state index contributed by atoms with van der Waals surface area (Å²) in [6, 6.07) is 66.3. The molecule has 0 fully saturated rings. The summed E-state index contributed by atoms with van der Waals surface area (Å²) in [7, 11) is 0. The first-order chi connectivity index (χ1) is 26.2. The van der Waals surface area contributed by atoms with Crippen LogP contribution < -0.4 is 0 Å². The third-order valence-electron chi connectivity index (χ3n) is 9.95. The molecule has 0 aliphatic rings. The van der Waals surface area contributed by atoms with Gasteiger partial charge in [-0.25, -0.2) is 15.0 Å². The number of hydrogen-bond donors (Lipinski definition) is 0. The molecule has 0 radical (unpaired) electrons. The van der Waals surface area contributed by atoms with E-state index in [1.807, 2.05) is 47.7 Å². The molecule has 2 aromatic heterocycles. The van der Waals surface area contributed by atoms with Crippen LogP contribution in [-0.2, 0) is 0 Å². The number of hydrogen-bond acceptors (Lipinski definition) is 4. The van der Waals surface area contributed by atoms with Gasteiger partial charge in [-0.2, -0.15) is 0 Å². The molecule has 248 valence electrons. The zero-order chi connectivity index (χ0) is 35.1. The van der Waals surface area contributed by atoms with Gasteiger partial charge in [-0.1, -0.05) is 176 Å². The lowest BCUT2D eigenvalue weighted by Crippen LogP contribution is -2.00. The monoisotopic (exact) mass is 693 g/mol. The van der Waals surface area contributed by atoms with Crippen molar-refractivity contribution in [1.29, 1.82) is 0 Å². The molecule has 0 unspecified atom stereocenters. The van der Waals surface area contributed by atoms with Crippen molar-refractivity contribution in [2.24, 2.45) is 0 Å². The minimum atomic E-state index is 0.641. The fourth-order valence-electron chi connectivity index (χ4n) is 7.27. The maximum atomic E-state index is 5.08. The molecule has 0 saturated carbocycles. The Morgan fingerprint density at radius 1 is 0.321 bits per heavy atom. The molecule has 0 saturated heterocycles. The second-order valence-electron chi connectivity index (χ2n) is 13.2. The Morgan fingerprint density at radius 2 is 0.830 bits per heavy atom. The maximum Gasteiger partial charge on any atom is 0.164 e. The molecule has 0 bridgehead atoms. The normalized spacial score (nSPS) is 11.4. The van der Waals surface area contributed by atoms with E-state index < -0.39 is 0 Å². The SMILES string of the molecule is c1ccc(-c2ccc(-c3cccc(-c4nc(-c5ccccc5)nc(-c5ccc(-c6cccc7ccc8c9ccccc9sc8c67)cc5)n4)c3)cc2)cc1. The van der Waals surface area contributed by atoms with Gasteiger partial charge in [0.1, 0.15) is 0 Å². The van der Waals surface area contributed by atoms with Crippen molar-refractivity contribution in [3.8, 4) is 67.5 Å². The van der Waals surface area contributed by atoms with Gasteiger partial charge in [0.05, 0.1) is 0 Å². The highest BCUT2D eigenvalue weighted by Gasteiger charge is 2.15. The van der Waals surface area contributed by atoms with Gasteiger partial charge >= 0.3 is 0 Å². The molecule has 0 atom stereocenters. The number of benzene rings is 8. The van der Waals surface area contributed by atoms with Crippen molar-refractivity contribution < 1.29 is 0 Å². The van der Waals surface area contributed by atoms with Crippen molar-refractivity contribution >= 4 is 42.3 Å². The highest BCUT2D eigenvalue weighted by Crippen LogP contribution is 2.42. The van der Waals surface area contributed by atoms with E-state index in [1.165, 1.54) is 47.6 Å². The fourth-order valence-corrected chi connectivity index (χ4v) is 8.54. The third-order valence-corrected chi connectivity index (χ3v) is 11.2. The Bertz CT molecular complexity index is 2910. The molecule has 10 aromatic rings. The van der Waals surface area contributed by atoms with Crippen LogP contribution >= 0.6 is 11.3 Å². The maximum absolute atomic E-state index is 5.08. The summed E-state index contributed by atoms with van der Waals surface area (Å²) >= 11 is 1.87. The molecule has 0 N–H and O–H groups in total. The highest BCUT2D eigenvalue weighted by molar-refractivity contribution is 7.26. The van der Waals surface area contributed by atoms with Crippen molar-refractivity contribution in [3.05, 3.63) is 188 Å². The van der Waals surface area contributed by atoms with E-state index in [-0.39, 0.29) is 0 Å². The van der Waals surface area contributed by atoms with Crippen LogP contribution in [0.15, 0.2) is 188 Å². The van der Waals surface area contributed by atoms with Gasteiger partial charge in [-0.05, 0) is 50.9 Å². The lowest BCUT2D eigenvalue weighted by atomic mass is 9.96. The van der Waals surface area contributed by atoms with Crippen LogP contribution in [0.1, 0.15) is 0 Å². The van der Waals surface area contributed by atoms with E-state index >= 15 is 0 Å². The Balaban J connectivity index is 1.04. The average Bonchev–Trinajstić information content (AvgIpc) is 3.63. The van der Waals surface area contributed by atoms with Crippen LogP contribution in [0.5, 0.6) is 0 Å². The first-order valence-corrected chi connectivity index (χ1v) is 18.6. The number of aromatic nitrogens is 3. The van der Waals surface area contributed by atoms with Gasteiger partial charge in [0.15, 0.2) is 17.5 Å². The van der Waals surface area contributed by atoms with Gasteiger partial charge in [0.2, 0.25) is 0 Å². The molecule has 4 heteroatoms. The summed E-state index contributed by atoms with van der Waals surface area (Å²) in [5.74, 6) is 1.93. The minimum Gasteiger partial charge on any atom is -0.208 e. The Kier molecular flexibility index (Phi) is 7.67. The van der Waals surface area contributed by atoms with Crippen LogP contribution in [0.25, 0.3) is 98.5 Å². The van der Waals surface area contributed by atoms with Gasteiger partial charge in [-0.15, -0.1) is 11.3 Å². The fraction of sp³-hybridized carbons (Fsp3) is 0. The predicted octanol–water partition coefficient (Wildman–Crippen LogP) is 13.4. The molecule has 53 heavy (non-hydrogen) atoms. The molecule has 0 aliphatic heterocycles. The Hall–Kier alpha value is -6.75. The largest absolute Gasteiger partial charge is 0.208 e. The standard InChI is InChI=1S/C49H31N3S/c1-3-11-32(12-4-1)33-21-23-34(24-22-33)39-16-9-17-40(31-39)49-51-47(37-13-5-2-6-14-37)50-48(52-49)38-27-25-35(26-28-38)41-19-10-15-36-29-30-43-42-18-7-8-20-44(42)53-46(43)45(36)41/h1-31H. The molecule has 10 rings (SSSR count). The lowest BCUT2D eigenvalue weighted by molar-refractivity contribution is 1.07. The number of rotatable bonds is 6. The summed E-state index contributed by atoms with van der Waals surface area (Å²) in [5, 5.41) is 5.16. The topological polar surface area (TPSA) is 38.7 Å². The lowest BCUT2D eigenvalue weighted by Gasteiger charge is -2.11. The Morgan fingerprint density at radius 3 is 1.57 bits per heavy atom. The summed E-state index contributed by atoms with van der Waals surface area (Å²) < 4.78 is 2.64. The van der Waals surface area contributed by atoms with E-state index in [0.29, 0.717) is 17.5 Å². The second-order valence-corrected chi connectivity index (χ2v) is 14.3. The van der Waals surface area contributed by atoms with Gasteiger partial charge in [-0.3, -0.25) is 0 Å². The Labute approximate surface area is 311 Å². The van der Waals surface area contributed by atoms with E-state index in [4.69, 9.17) is 15.0 Å². The number of nitrogens with zero attached hydrogens (tertiary/aromatic N) is 3. The van der Waals surface area contributed by atoms with Crippen molar-refractivity contribution in [3.63, 3.8) is 0 Å². The molecule has 3 nitrogen and oxygen atoms in total. The second kappa shape index (κ2) is 13.1. The van der Waals surface area contributed by atoms with E-state index in [1.54, 1.807) is 0 Å². The zero-order valence-electron chi connectivity index (χ0n) is 28.6. The van der Waals surface area contributed by atoms with Crippen molar-refractivity contribution in [2.75, 3.05) is 0 Å². The van der Waals surface area contributed by atoms with Crippen LogP contribution in [0.3, 0.4) is 0 Å². The van der Waals surface area contributed by atoms with Crippen molar-refractivity contribution in [1.82, 2.24) is 15.0 Å². The molecule has 0 aliphatic carbocycles. The molecule has 0 spiro atoms. The van der Waals surface area contributed by atoms with Crippen LogP contribution in [0.4, 0.5) is 0 Å². The average molecular weight is 694 g/mol. The van der Waals surface area contributed by atoms with Crippen molar-refractivity contribution in [2.45, 2.75) is 0 Å². The highest BCUT2D eigenvalue weighted by atomic mass is 32.1. The summed E-state index contributed by atoms with van der Waals surface area (Å²) in [6.07, 6.45) is 0. The number of thiophene rings is 1. The van der Waals surface area contributed by atoms with E-state index in [9.17, 15) is 0 Å². The first-order valence-electron chi connectivity index (χ1n) is 17.8. The van der Waals surface area contributed by atoms with Gasteiger partial charge < -0.3 is 0 Å². The predicted molar refractivity (Wildman–Crippen MR) is 223 cm³/mol. The zero-order valence-corrected chi connectivity index (χ0v) is 29.5. The summed E-state index contributed by atoms with van der Waals surface area (Å²) in [6.45, 7) is 0. The van der Waals surface area contributed by atoms with E-state index in [2.05, 4.69) is 152 Å². The minimum absolute atomic E-state index is 0.641. The quantitative estimate of drug-likeness (QED) is 0.174. The van der Waals surface area contributed by atoms with Crippen LogP contribution in [-0.4, -0.2) is 15.0 Å².